The van der Waals surface area contributed by atoms with E-state index in [1.54, 1.807) is 25.3 Å². The highest BCUT2D eigenvalue weighted by atomic mass is 32.2. The van der Waals surface area contributed by atoms with E-state index in [1.807, 2.05) is 6.92 Å². The van der Waals surface area contributed by atoms with Crippen molar-refractivity contribution in [2.24, 2.45) is 0 Å². The first-order valence-corrected chi connectivity index (χ1v) is 8.74. The molecule has 3 aromatic rings. The van der Waals surface area contributed by atoms with E-state index in [0.717, 1.165) is 5.56 Å². The standard InChI is InChI=1S/C16H16N2O5S/c1-3-10-8-11(4-7-14(10)22-2)18-24(20,21)12-5-6-13-15(9-12)23-16(19)17-13/h4-9,18H,3H2,1-2H3,(H,17,19). The van der Waals surface area contributed by atoms with Crippen molar-refractivity contribution in [2.75, 3.05) is 11.8 Å². The summed E-state index contributed by atoms with van der Waals surface area (Å²) < 4.78 is 37.7. The largest absolute Gasteiger partial charge is 0.496 e. The molecule has 1 heterocycles. The van der Waals surface area contributed by atoms with Gasteiger partial charge in [-0.15, -0.1) is 0 Å². The van der Waals surface area contributed by atoms with E-state index in [1.165, 1.54) is 18.2 Å². The molecule has 126 valence electrons. The fourth-order valence-corrected chi connectivity index (χ4v) is 3.49. The fraction of sp³-hybridized carbons (Fsp3) is 0.188. The number of nitrogens with one attached hydrogen (secondary N) is 2. The highest BCUT2D eigenvalue weighted by Crippen LogP contribution is 2.25. The van der Waals surface area contributed by atoms with Gasteiger partial charge >= 0.3 is 5.76 Å². The van der Waals surface area contributed by atoms with Gasteiger partial charge in [0.05, 0.1) is 17.5 Å². The summed E-state index contributed by atoms with van der Waals surface area (Å²) in [7, 11) is -2.24. The number of hydrogen-bond donors (Lipinski definition) is 2. The second-order valence-electron chi connectivity index (χ2n) is 5.16. The van der Waals surface area contributed by atoms with Crippen LogP contribution < -0.4 is 15.2 Å². The highest BCUT2D eigenvalue weighted by Gasteiger charge is 2.17. The van der Waals surface area contributed by atoms with Crippen LogP contribution in [-0.2, 0) is 16.4 Å². The number of aryl methyl sites for hydroxylation is 1. The molecule has 0 bridgehead atoms. The number of sulfonamides is 1. The molecule has 0 saturated heterocycles. The number of H-pyrrole nitrogens is 1. The van der Waals surface area contributed by atoms with Gasteiger partial charge in [-0.1, -0.05) is 6.92 Å². The van der Waals surface area contributed by atoms with E-state index < -0.39 is 15.8 Å². The van der Waals surface area contributed by atoms with Crippen LogP contribution in [0.25, 0.3) is 11.1 Å². The molecule has 0 amide bonds. The first-order valence-electron chi connectivity index (χ1n) is 7.25. The molecule has 0 unspecified atom stereocenters. The highest BCUT2D eigenvalue weighted by molar-refractivity contribution is 7.92. The van der Waals surface area contributed by atoms with Gasteiger partial charge in [-0.2, -0.15) is 0 Å². The van der Waals surface area contributed by atoms with Crippen molar-refractivity contribution < 1.29 is 17.6 Å². The number of rotatable bonds is 5. The van der Waals surface area contributed by atoms with Crippen LogP contribution in [0, 0.1) is 0 Å². The third-order valence-corrected chi connectivity index (χ3v) is 5.00. The Kier molecular flexibility index (Phi) is 4.06. The van der Waals surface area contributed by atoms with Gasteiger partial charge in [-0.3, -0.25) is 9.71 Å². The minimum absolute atomic E-state index is 0.00613. The second kappa shape index (κ2) is 6.04. The van der Waals surface area contributed by atoms with Crippen molar-refractivity contribution in [3.8, 4) is 5.75 Å². The smallest absolute Gasteiger partial charge is 0.417 e. The average molecular weight is 348 g/mol. The maximum absolute atomic E-state index is 12.5. The van der Waals surface area contributed by atoms with Crippen molar-refractivity contribution in [3.05, 3.63) is 52.5 Å². The molecule has 0 aliphatic carbocycles. The Bertz CT molecular complexity index is 1050. The van der Waals surface area contributed by atoms with E-state index >= 15 is 0 Å². The van der Waals surface area contributed by atoms with E-state index in [2.05, 4.69) is 9.71 Å². The Morgan fingerprint density at radius 1 is 1.21 bits per heavy atom. The molecular formula is C16H16N2O5S. The van der Waals surface area contributed by atoms with Crippen LogP contribution in [0.15, 0.2) is 50.5 Å². The Labute approximate surface area is 138 Å². The van der Waals surface area contributed by atoms with Crippen LogP contribution in [0.2, 0.25) is 0 Å². The molecule has 0 fully saturated rings. The molecule has 0 aliphatic heterocycles. The van der Waals surface area contributed by atoms with Crippen molar-refractivity contribution >= 4 is 26.8 Å². The Morgan fingerprint density at radius 2 is 2.00 bits per heavy atom. The van der Waals surface area contributed by atoms with E-state index in [9.17, 15) is 13.2 Å². The van der Waals surface area contributed by atoms with Gasteiger partial charge in [0.2, 0.25) is 0 Å². The third-order valence-electron chi connectivity index (χ3n) is 3.62. The molecular weight excluding hydrogens is 332 g/mol. The number of ether oxygens (including phenoxy) is 1. The van der Waals surface area contributed by atoms with Gasteiger partial charge in [-0.25, -0.2) is 13.2 Å². The van der Waals surface area contributed by atoms with Gasteiger partial charge in [-0.05, 0) is 42.3 Å². The minimum Gasteiger partial charge on any atom is -0.496 e. The van der Waals surface area contributed by atoms with Crippen molar-refractivity contribution in [3.63, 3.8) is 0 Å². The van der Waals surface area contributed by atoms with Gasteiger partial charge < -0.3 is 9.15 Å². The van der Waals surface area contributed by atoms with Crippen LogP contribution in [0.4, 0.5) is 5.69 Å². The van der Waals surface area contributed by atoms with E-state index in [-0.39, 0.29) is 10.5 Å². The van der Waals surface area contributed by atoms with Crippen LogP contribution in [-0.4, -0.2) is 20.5 Å². The number of benzene rings is 2. The Morgan fingerprint density at radius 3 is 2.71 bits per heavy atom. The molecule has 8 heteroatoms. The predicted octanol–water partition coefficient (Wildman–Crippen LogP) is 2.49. The van der Waals surface area contributed by atoms with E-state index in [0.29, 0.717) is 23.4 Å². The molecule has 1 aromatic heterocycles. The quantitative estimate of drug-likeness (QED) is 0.738. The number of oxazole rings is 1. The first-order chi connectivity index (χ1) is 11.4. The monoisotopic (exact) mass is 348 g/mol. The lowest BCUT2D eigenvalue weighted by molar-refractivity contribution is 0.410. The fourth-order valence-electron chi connectivity index (χ4n) is 2.43. The molecule has 2 N–H and O–H groups in total. The molecule has 2 aromatic carbocycles. The van der Waals surface area contributed by atoms with Crippen molar-refractivity contribution in [1.29, 1.82) is 0 Å². The van der Waals surface area contributed by atoms with Gasteiger partial charge in [0.15, 0.2) is 5.58 Å². The molecule has 3 rings (SSSR count). The van der Waals surface area contributed by atoms with Crippen LogP contribution in [0.1, 0.15) is 12.5 Å². The van der Waals surface area contributed by atoms with Gasteiger partial charge in [0, 0.05) is 11.8 Å². The minimum atomic E-state index is -3.81. The van der Waals surface area contributed by atoms with Crippen LogP contribution in [0.3, 0.4) is 0 Å². The summed E-state index contributed by atoms with van der Waals surface area (Å²) in [4.78, 5) is 13.6. The maximum atomic E-state index is 12.5. The SMILES string of the molecule is CCc1cc(NS(=O)(=O)c2ccc3[nH]c(=O)oc3c2)ccc1OC. The summed E-state index contributed by atoms with van der Waals surface area (Å²) in [6.07, 6.45) is 0.708. The number of methoxy groups -OCH3 is 1. The zero-order valence-electron chi connectivity index (χ0n) is 13.1. The zero-order chi connectivity index (χ0) is 17.3. The molecule has 24 heavy (non-hydrogen) atoms. The topological polar surface area (TPSA) is 101 Å². The molecule has 0 radical (unpaired) electrons. The summed E-state index contributed by atoms with van der Waals surface area (Å²) >= 11 is 0. The summed E-state index contributed by atoms with van der Waals surface area (Å²) in [6, 6.07) is 9.27. The average Bonchev–Trinajstić information content (AvgIpc) is 2.93. The van der Waals surface area contributed by atoms with Gasteiger partial charge in [0.1, 0.15) is 5.75 Å². The van der Waals surface area contributed by atoms with E-state index in [4.69, 9.17) is 9.15 Å². The predicted molar refractivity (Wildman–Crippen MR) is 90.0 cm³/mol. The van der Waals surface area contributed by atoms with Gasteiger partial charge in [0.25, 0.3) is 10.0 Å². The summed E-state index contributed by atoms with van der Waals surface area (Å²) in [5.74, 6) is 0.0752. The molecule has 0 saturated carbocycles. The lowest BCUT2D eigenvalue weighted by Crippen LogP contribution is -2.13. The number of aromatic amines is 1. The van der Waals surface area contributed by atoms with Crippen molar-refractivity contribution in [2.45, 2.75) is 18.2 Å². The Balaban J connectivity index is 1.96. The molecule has 7 nitrogen and oxygen atoms in total. The van der Waals surface area contributed by atoms with Crippen LogP contribution in [0.5, 0.6) is 5.75 Å². The second-order valence-corrected chi connectivity index (χ2v) is 6.84. The number of aromatic nitrogens is 1. The summed E-state index contributed by atoms with van der Waals surface area (Å²) in [5.41, 5.74) is 1.96. The zero-order valence-corrected chi connectivity index (χ0v) is 13.9. The van der Waals surface area contributed by atoms with Crippen LogP contribution >= 0.6 is 0 Å². The first kappa shape index (κ1) is 16.1. The van der Waals surface area contributed by atoms with Crippen molar-refractivity contribution in [1.82, 2.24) is 4.98 Å². The third kappa shape index (κ3) is 3.00. The lowest BCUT2D eigenvalue weighted by Gasteiger charge is -2.11. The number of hydrogen-bond acceptors (Lipinski definition) is 5. The molecule has 0 spiro atoms. The summed E-state index contributed by atoms with van der Waals surface area (Å²) in [6.45, 7) is 1.96. The number of fused-ring (bicyclic) bond motifs is 1. The maximum Gasteiger partial charge on any atom is 0.417 e. The molecule has 0 aliphatic rings. The lowest BCUT2D eigenvalue weighted by atomic mass is 10.1. The Hall–Kier alpha value is -2.74. The number of anilines is 1. The normalized spacial score (nSPS) is 11.6. The molecule has 0 atom stereocenters. The summed E-state index contributed by atoms with van der Waals surface area (Å²) in [5, 5.41) is 0.